The Morgan fingerprint density at radius 3 is 2.43 bits per heavy atom. The quantitative estimate of drug-likeness (QED) is 0.691. The van der Waals surface area contributed by atoms with Gasteiger partial charge < -0.3 is 0 Å². The van der Waals surface area contributed by atoms with Crippen molar-refractivity contribution in [3.05, 3.63) is 0 Å². The third kappa shape index (κ3) is 2.45. The molecule has 0 saturated heterocycles. The minimum absolute atomic E-state index is 0.363. The summed E-state index contributed by atoms with van der Waals surface area (Å²) in [6.45, 7) is 0. The lowest BCUT2D eigenvalue weighted by atomic mass is 10.0. The third-order valence-electron chi connectivity index (χ3n) is 3.54. The van der Waals surface area contributed by atoms with E-state index in [0.717, 1.165) is 11.7 Å². The summed E-state index contributed by atoms with van der Waals surface area (Å²) in [6.07, 6.45) is 10.8. The number of hydrogen-bond acceptors (Lipinski definition) is 2. The second-order valence-electron chi connectivity index (χ2n) is 4.60. The molecule has 2 aliphatic rings. The third-order valence-corrected chi connectivity index (χ3v) is 5.31. The fraction of sp³-hybridized carbons (Fsp3) is 0.917. The predicted molar refractivity (Wildman–Crippen MR) is 61.2 cm³/mol. The Labute approximate surface area is 91.3 Å². The van der Waals surface area contributed by atoms with Gasteiger partial charge in [0.2, 0.25) is 0 Å². The molecule has 14 heavy (non-hydrogen) atoms. The summed E-state index contributed by atoms with van der Waals surface area (Å²) in [4.78, 5) is 0. The molecule has 2 aliphatic carbocycles. The van der Waals surface area contributed by atoms with Crippen LogP contribution in [0.25, 0.3) is 0 Å². The maximum Gasteiger partial charge on any atom is 0.0667 e. The lowest BCUT2D eigenvalue weighted by molar-refractivity contribution is 0.513. The van der Waals surface area contributed by atoms with Crippen LogP contribution in [-0.2, 0) is 0 Å². The Morgan fingerprint density at radius 2 is 1.71 bits per heavy atom. The van der Waals surface area contributed by atoms with Crippen LogP contribution in [0.2, 0.25) is 0 Å². The van der Waals surface area contributed by atoms with Crippen molar-refractivity contribution >= 4 is 11.8 Å². The standard InChI is InChI=1S/C12H19NS/c13-9-10-5-4-8-12(10)14-11-6-2-1-3-7-11/h10-12H,1-8H2. The number of hydrogen-bond donors (Lipinski definition) is 0. The Bertz CT molecular complexity index is 215. The van der Waals surface area contributed by atoms with Crippen LogP contribution in [0, 0.1) is 17.2 Å². The molecule has 2 atom stereocenters. The van der Waals surface area contributed by atoms with Crippen molar-refractivity contribution in [1.29, 1.82) is 5.26 Å². The first kappa shape index (κ1) is 10.4. The lowest BCUT2D eigenvalue weighted by Crippen LogP contribution is -2.16. The molecular formula is C12H19NS. The minimum Gasteiger partial charge on any atom is -0.198 e. The van der Waals surface area contributed by atoms with E-state index in [1.54, 1.807) is 0 Å². The number of rotatable bonds is 2. The van der Waals surface area contributed by atoms with Gasteiger partial charge in [-0.25, -0.2) is 0 Å². The van der Waals surface area contributed by atoms with Crippen LogP contribution in [0.1, 0.15) is 51.4 Å². The smallest absolute Gasteiger partial charge is 0.0667 e. The molecule has 0 N–H and O–H groups in total. The summed E-state index contributed by atoms with van der Waals surface area (Å²) in [5.41, 5.74) is 0. The Balaban J connectivity index is 1.81. The lowest BCUT2D eigenvalue weighted by Gasteiger charge is -2.25. The molecule has 2 rings (SSSR count). The van der Waals surface area contributed by atoms with Gasteiger partial charge in [0.1, 0.15) is 0 Å². The fourth-order valence-corrected chi connectivity index (χ4v) is 4.47. The molecule has 2 fully saturated rings. The largest absolute Gasteiger partial charge is 0.198 e. The van der Waals surface area contributed by atoms with Crippen LogP contribution in [0.5, 0.6) is 0 Å². The minimum atomic E-state index is 0.363. The van der Waals surface area contributed by atoms with E-state index in [0.29, 0.717) is 11.2 Å². The van der Waals surface area contributed by atoms with E-state index in [4.69, 9.17) is 5.26 Å². The Kier molecular flexibility index (Phi) is 3.75. The zero-order valence-electron chi connectivity index (χ0n) is 8.74. The molecule has 2 saturated carbocycles. The van der Waals surface area contributed by atoms with Crippen molar-refractivity contribution in [3.8, 4) is 6.07 Å². The topological polar surface area (TPSA) is 23.8 Å². The SMILES string of the molecule is N#CC1CCCC1SC1CCCCC1. The van der Waals surface area contributed by atoms with Gasteiger partial charge in [-0.2, -0.15) is 17.0 Å². The van der Waals surface area contributed by atoms with E-state index < -0.39 is 0 Å². The molecule has 0 heterocycles. The zero-order valence-corrected chi connectivity index (χ0v) is 9.56. The van der Waals surface area contributed by atoms with Crippen molar-refractivity contribution < 1.29 is 0 Å². The highest BCUT2D eigenvalue weighted by atomic mass is 32.2. The summed E-state index contributed by atoms with van der Waals surface area (Å²) >= 11 is 2.14. The first-order valence-corrected chi connectivity index (χ1v) is 6.89. The maximum atomic E-state index is 9.00. The summed E-state index contributed by atoms with van der Waals surface area (Å²) < 4.78 is 0. The molecule has 0 bridgehead atoms. The van der Waals surface area contributed by atoms with Crippen LogP contribution in [0.3, 0.4) is 0 Å². The van der Waals surface area contributed by atoms with Gasteiger partial charge in [0.05, 0.1) is 12.0 Å². The highest BCUT2D eigenvalue weighted by Gasteiger charge is 2.30. The fourth-order valence-electron chi connectivity index (χ4n) is 2.68. The molecule has 0 aliphatic heterocycles. The van der Waals surface area contributed by atoms with E-state index in [1.807, 2.05) is 0 Å². The van der Waals surface area contributed by atoms with Gasteiger partial charge in [-0.3, -0.25) is 0 Å². The van der Waals surface area contributed by atoms with Crippen molar-refractivity contribution in [3.63, 3.8) is 0 Å². The van der Waals surface area contributed by atoms with E-state index in [1.165, 1.54) is 44.9 Å². The molecule has 0 radical (unpaired) electrons. The van der Waals surface area contributed by atoms with Crippen LogP contribution in [0.4, 0.5) is 0 Å². The summed E-state index contributed by atoms with van der Waals surface area (Å²) in [7, 11) is 0. The summed E-state index contributed by atoms with van der Waals surface area (Å²) in [5.74, 6) is 0.363. The molecule has 78 valence electrons. The normalized spacial score (nSPS) is 34.2. The van der Waals surface area contributed by atoms with Crippen molar-refractivity contribution in [1.82, 2.24) is 0 Å². The van der Waals surface area contributed by atoms with E-state index in [-0.39, 0.29) is 0 Å². The second kappa shape index (κ2) is 5.07. The van der Waals surface area contributed by atoms with Crippen LogP contribution in [-0.4, -0.2) is 10.5 Å². The number of nitrogens with zero attached hydrogens (tertiary/aromatic N) is 1. The van der Waals surface area contributed by atoms with Gasteiger partial charge in [-0.05, 0) is 25.7 Å². The van der Waals surface area contributed by atoms with E-state index in [9.17, 15) is 0 Å². The van der Waals surface area contributed by atoms with Gasteiger partial charge in [-0.1, -0.05) is 25.7 Å². The number of nitriles is 1. The molecule has 0 spiro atoms. The summed E-state index contributed by atoms with van der Waals surface area (Å²) in [6, 6.07) is 2.48. The molecule has 0 aromatic carbocycles. The average Bonchev–Trinajstić information content (AvgIpc) is 2.67. The van der Waals surface area contributed by atoms with Gasteiger partial charge in [-0.15, -0.1) is 0 Å². The summed E-state index contributed by atoms with van der Waals surface area (Å²) in [5, 5.41) is 10.5. The highest BCUT2D eigenvalue weighted by molar-refractivity contribution is 8.00. The van der Waals surface area contributed by atoms with Gasteiger partial charge in [0, 0.05) is 10.5 Å². The van der Waals surface area contributed by atoms with Crippen molar-refractivity contribution in [2.24, 2.45) is 5.92 Å². The van der Waals surface area contributed by atoms with Crippen LogP contribution >= 0.6 is 11.8 Å². The van der Waals surface area contributed by atoms with Gasteiger partial charge >= 0.3 is 0 Å². The van der Waals surface area contributed by atoms with Crippen LogP contribution in [0.15, 0.2) is 0 Å². The van der Waals surface area contributed by atoms with Gasteiger partial charge in [0.25, 0.3) is 0 Å². The number of thioether (sulfide) groups is 1. The average molecular weight is 209 g/mol. The molecule has 1 nitrogen and oxygen atoms in total. The first-order chi connectivity index (χ1) is 6.90. The van der Waals surface area contributed by atoms with Crippen molar-refractivity contribution in [2.75, 3.05) is 0 Å². The predicted octanol–water partition coefficient (Wildman–Crippen LogP) is 3.74. The van der Waals surface area contributed by atoms with E-state index in [2.05, 4.69) is 17.8 Å². The molecule has 2 unspecified atom stereocenters. The molecule has 2 heteroatoms. The zero-order chi connectivity index (χ0) is 9.80. The first-order valence-electron chi connectivity index (χ1n) is 5.95. The van der Waals surface area contributed by atoms with Crippen molar-refractivity contribution in [2.45, 2.75) is 61.9 Å². The molecule has 0 aromatic heterocycles. The van der Waals surface area contributed by atoms with E-state index >= 15 is 0 Å². The van der Waals surface area contributed by atoms with Gasteiger partial charge in [0.15, 0.2) is 0 Å². The molecular weight excluding hydrogens is 190 g/mol. The highest BCUT2D eigenvalue weighted by Crippen LogP contribution is 2.40. The monoisotopic (exact) mass is 209 g/mol. The molecule has 0 aromatic rings. The Hall–Kier alpha value is -0.160. The van der Waals surface area contributed by atoms with Crippen LogP contribution < -0.4 is 0 Å². The maximum absolute atomic E-state index is 9.00. The molecule has 0 amide bonds. The Morgan fingerprint density at radius 1 is 0.929 bits per heavy atom. The second-order valence-corrected chi connectivity index (χ2v) is 6.15.